The Morgan fingerprint density at radius 3 is 2.51 bits per heavy atom. The number of likely N-dealkylation sites (tertiary alicyclic amines) is 1. The summed E-state index contributed by atoms with van der Waals surface area (Å²) in [6, 6.07) is 3.32. The predicted molar refractivity (Wildman–Crippen MR) is 124 cm³/mol. The number of carbonyl (C=O) groups excluding carboxylic acids is 2. The predicted octanol–water partition coefficient (Wildman–Crippen LogP) is 5.16. The van der Waals surface area contributed by atoms with E-state index in [9.17, 15) is 22.8 Å². The second-order valence-electron chi connectivity index (χ2n) is 9.07. The second kappa shape index (κ2) is 11.7. The second-order valence-corrected chi connectivity index (χ2v) is 9.89. The summed E-state index contributed by atoms with van der Waals surface area (Å²) in [5.41, 5.74) is -0.507. The Kier molecular flexibility index (Phi) is 9.13. The number of aromatic nitrogens is 2. The molecule has 1 aliphatic heterocycles. The van der Waals surface area contributed by atoms with E-state index in [1.54, 1.807) is 20.8 Å². The molecule has 0 radical (unpaired) electrons. The third kappa shape index (κ3) is 8.64. The first-order valence-electron chi connectivity index (χ1n) is 11.1. The van der Waals surface area contributed by atoms with Crippen LogP contribution in [0.25, 0.3) is 0 Å². The van der Waals surface area contributed by atoms with Gasteiger partial charge in [-0.1, -0.05) is 28.3 Å². The number of hydrogen-bond acceptors (Lipinski definition) is 8. The molecule has 1 N–H and O–H groups in total. The number of nitrogens with one attached hydrogen (secondary N) is 1. The van der Waals surface area contributed by atoms with Gasteiger partial charge in [-0.2, -0.15) is 0 Å². The van der Waals surface area contributed by atoms with E-state index >= 15 is 0 Å². The van der Waals surface area contributed by atoms with E-state index in [1.165, 1.54) is 23.1 Å². The van der Waals surface area contributed by atoms with Crippen molar-refractivity contribution in [3.63, 3.8) is 0 Å². The number of nitrogens with zero attached hydrogens (tertiary/aromatic N) is 3. The van der Waals surface area contributed by atoms with E-state index in [-0.39, 0.29) is 23.5 Å². The summed E-state index contributed by atoms with van der Waals surface area (Å²) in [5, 5.41) is 11.0. The Bertz CT molecular complexity index is 1110. The van der Waals surface area contributed by atoms with Crippen LogP contribution in [0.1, 0.15) is 55.9 Å². The summed E-state index contributed by atoms with van der Waals surface area (Å²) in [7, 11) is 0. The number of benzene rings is 1. The van der Waals surface area contributed by atoms with Crippen molar-refractivity contribution >= 4 is 35.2 Å². The first kappa shape index (κ1) is 28.8. The topological polar surface area (TPSA) is 116 Å². The van der Waals surface area contributed by atoms with Gasteiger partial charge in [0.1, 0.15) is 18.2 Å². The first-order valence-corrected chi connectivity index (χ1v) is 11.9. The van der Waals surface area contributed by atoms with Crippen molar-refractivity contribution in [3.05, 3.63) is 39.7 Å². The average molecular weight is 569 g/mol. The Hall–Kier alpha value is -2.77. The molecule has 1 aromatic carbocycles. The van der Waals surface area contributed by atoms with Crippen molar-refractivity contribution in [3.8, 4) is 6.08 Å². The number of amides is 2. The van der Waals surface area contributed by atoms with Gasteiger partial charge in [0.25, 0.3) is 5.91 Å². The van der Waals surface area contributed by atoms with E-state index in [0.717, 1.165) is 0 Å². The molecule has 37 heavy (non-hydrogen) atoms. The molecule has 0 spiro atoms. The molecule has 1 fully saturated rings. The highest BCUT2D eigenvalue weighted by Gasteiger charge is 2.39. The van der Waals surface area contributed by atoms with Crippen molar-refractivity contribution in [2.75, 3.05) is 19.8 Å². The minimum atomic E-state index is -4.79. The SMILES string of the molecule is CC(C)(C)OC(=O)N1CC(NC(=O)c2ccc(Cl)c(Cl)c2)CC[C@@H]1c1nnc(OCCOC(F)(F)F)o1. The van der Waals surface area contributed by atoms with E-state index in [2.05, 4.69) is 20.3 Å². The summed E-state index contributed by atoms with van der Waals surface area (Å²) < 4.78 is 55.8. The maximum atomic E-state index is 13.0. The van der Waals surface area contributed by atoms with E-state index in [4.69, 9.17) is 37.1 Å². The molecule has 1 aliphatic rings. The third-order valence-electron chi connectivity index (χ3n) is 5.01. The van der Waals surface area contributed by atoms with Gasteiger partial charge in [-0.25, -0.2) is 4.79 Å². The van der Waals surface area contributed by atoms with Gasteiger partial charge in [-0.3, -0.25) is 14.4 Å². The highest BCUT2D eigenvalue weighted by atomic mass is 35.5. The molecule has 1 unspecified atom stereocenters. The fourth-order valence-electron chi connectivity index (χ4n) is 3.47. The maximum absolute atomic E-state index is 13.0. The number of carbonyl (C=O) groups is 2. The van der Waals surface area contributed by atoms with Gasteiger partial charge in [0.15, 0.2) is 0 Å². The molecule has 0 aliphatic carbocycles. The lowest BCUT2D eigenvalue weighted by molar-refractivity contribution is -0.325. The van der Waals surface area contributed by atoms with E-state index in [0.29, 0.717) is 23.4 Å². The maximum Gasteiger partial charge on any atom is 0.522 e. The van der Waals surface area contributed by atoms with Crippen molar-refractivity contribution in [1.82, 2.24) is 20.4 Å². The van der Waals surface area contributed by atoms with Gasteiger partial charge in [0, 0.05) is 18.2 Å². The number of piperidine rings is 1. The molecule has 2 heterocycles. The van der Waals surface area contributed by atoms with Crippen LogP contribution in [0.2, 0.25) is 10.0 Å². The van der Waals surface area contributed by atoms with Crippen LogP contribution < -0.4 is 10.1 Å². The van der Waals surface area contributed by atoms with Gasteiger partial charge >= 0.3 is 18.5 Å². The molecule has 10 nitrogen and oxygen atoms in total. The molecule has 204 valence electrons. The minimum absolute atomic E-state index is 0.00635. The van der Waals surface area contributed by atoms with Gasteiger partial charge in [0.05, 0.1) is 16.7 Å². The van der Waals surface area contributed by atoms with E-state index < -0.39 is 49.3 Å². The number of hydrogen-bond donors (Lipinski definition) is 1. The third-order valence-corrected chi connectivity index (χ3v) is 5.75. The molecule has 3 rings (SSSR count). The standard InChI is InChI=1S/C22H25Cl2F3N4O6/c1-21(2,3)37-20(33)31-11-13(28-17(32)12-4-6-14(23)15(24)10-12)5-7-16(31)18-29-30-19(36-18)34-8-9-35-22(25,26)27/h4,6,10,13,16H,5,7-9,11H2,1-3H3,(H,28,32)/t13?,16-/m1/s1. The Morgan fingerprint density at radius 2 is 1.86 bits per heavy atom. The molecule has 2 atom stereocenters. The van der Waals surface area contributed by atoms with Crippen LogP contribution in [0, 0.1) is 0 Å². The fourth-order valence-corrected chi connectivity index (χ4v) is 3.77. The molecule has 1 saturated heterocycles. The smallest absolute Gasteiger partial charge is 0.447 e. The Labute approximate surface area is 220 Å². The van der Waals surface area contributed by atoms with Crippen molar-refractivity contribution in [1.29, 1.82) is 0 Å². The molecule has 1 aromatic heterocycles. The number of rotatable bonds is 7. The van der Waals surface area contributed by atoms with Crippen LogP contribution in [0.5, 0.6) is 6.08 Å². The Balaban J connectivity index is 1.69. The highest BCUT2D eigenvalue weighted by Crippen LogP contribution is 2.33. The molecule has 15 heteroatoms. The number of halogens is 5. The lowest BCUT2D eigenvalue weighted by atomic mass is 9.98. The molecule has 2 aromatic rings. The minimum Gasteiger partial charge on any atom is -0.447 e. The molecular formula is C22H25Cl2F3N4O6. The zero-order valence-electron chi connectivity index (χ0n) is 20.1. The van der Waals surface area contributed by atoms with Crippen LogP contribution in [0.3, 0.4) is 0 Å². The van der Waals surface area contributed by atoms with Crippen LogP contribution in [0.4, 0.5) is 18.0 Å². The lowest BCUT2D eigenvalue weighted by Crippen LogP contribution is -2.52. The summed E-state index contributed by atoms with van der Waals surface area (Å²) >= 11 is 11.9. The normalized spacial score (nSPS) is 18.4. The van der Waals surface area contributed by atoms with Crippen LogP contribution in [-0.2, 0) is 9.47 Å². The summed E-state index contributed by atoms with van der Waals surface area (Å²) in [4.78, 5) is 27.1. The van der Waals surface area contributed by atoms with Crippen molar-refractivity contribution in [2.24, 2.45) is 0 Å². The average Bonchev–Trinajstić information content (AvgIpc) is 3.25. The number of ether oxygens (including phenoxy) is 3. The largest absolute Gasteiger partial charge is 0.522 e. The monoisotopic (exact) mass is 568 g/mol. The molecule has 0 saturated carbocycles. The Morgan fingerprint density at radius 1 is 1.14 bits per heavy atom. The van der Waals surface area contributed by atoms with Gasteiger partial charge in [-0.05, 0) is 51.8 Å². The van der Waals surface area contributed by atoms with Crippen molar-refractivity contribution in [2.45, 2.75) is 57.7 Å². The lowest BCUT2D eigenvalue weighted by Gasteiger charge is -2.38. The molecular weight excluding hydrogens is 544 g/mol. The molecule has 0 bridgehead atoms. The van der Waals surface area contributed by atoms with Crippen LogP contribution in [0.15, 0.2) is 22.6 Å². The van der Waals surface area contributed by atoms with E-state index in [1.807, 2.05) is 0 Å². The van der Waals surface area contributed by atoms with Crippen LogP contribution in [-0.4, -0.2) is 64.9 Å². The summed E-state index contributed by atoms with van der Waals surface area (Å²) in [6.45, 7) is 3.92. The quantitative estimate of drug-likeness (QED) is 0.455. The van der Waals surface area contributed by atoms with Crippen LogP contribution >= 0.6 is 23.2 Å². The zero-order chi connectivity index (χ0) is 27.4. The highest BCUT2D eigenvalue weighted by molar-refractivity contribution is 6.42. The summed E-state index contributed by atoms with van der Waals surface area (Å²) in [6.07, 6.45) is -5.09. The first-order chi connectivity index (χ1) is 17.2. The fraction of sp³-hybridized carbons (Fsp3) is 0.545. The van der Waals surface area contributed by atoms with Gasteiger partial charge in [0.2, 0.25) is 5.89 Å². The van der Waals surface area contributed by atoms with Gasteiger partial charge < -0.3 is 19.2 Å². The zero-order valence-corrected chi connectivity index (χ0v) is 21.6. The van der Waals surface area contributed by atoms with Gasteiger partial charge in [-0.15, -0.1) is 18.3 Å². The number of alkyl halides is 3. The molecule has 2 amide bonds. The van der Waals surface area contributed by atoms with Crippen molar-refractivity contribution < 1.29 is 41.4 Å². The summed E-state index contributed by atoms with van der Waals surface area (Å²) in [5.74, 6) is -0.396.